The molecule has 0 aromatic heterocycles. The number of methoxy groups -OCH3 is 2. The van der Waals surface area contributed by atoms with Gasteiger partial charge in [0.2, 0.25) is 0 Å². The Bertz CT molecular complexity index is 1330. The molecule has 1 saturated heterocycles. The molecule has 0 bridgehead atoms. The van der Waals surface area contributed by atoms with Gasteiger partial charge in [0.15, 0.2) is 0 Å². The first-order valence-corrected chi connectivity index (χ1v) is 13.9. The van der Waals surface area contributed by atoms with Gasteiger partial charge in [-0.05, 0) is 92.6 Å². The summed E-state index contributed by atoms with van der Waals surface area (Å²) in [7, 11) is 3.30. The van der Waals surface area contributed by atoms with E-state index in [2.05, 4.69) is 67.3 Å². The van der Waals surface area contributed by atoms with Gasteiger partial charge >= 0.3 is 0 Å². The number of hydrazone groups is 1. The van der Waals surface area contributed by atoms with E-state index in [4.69, 9.17) is 14.6 Å². The zero-order chi connectivity index (χ0) is 27.4. The van der Waals surface area contributed by atoms with Crippen molar-refractivity contribution < 1.29 is 14.3 Å². The van der Waals surface area contributed by atoms with Gasteiger partial charge < -0.3 is 9.47 Å². The highest BCUT2D eigenvalue weighted by Crippen LogP contribution is 2.39. The molecule has 1 amide bonds. The van der Waals surface area contributed by atoms with Gasteiger partial charge in [-0.25, -0.2) is 5.01 Å². The molecule has 0 N–H and O–H groups in total. The first-order chi connectivity index (χ1) is 18.9. The number of hydrogen-bond donors (Lipinski definition) is 0. The van der Waals surface area contributed by atoms with Crippen molar-refractivity contribution in [2.45, 2.75) is 45.6 Å². The molecule has 1 unspecified atom stereocenters. The summed E-state index contributed by atoms with van der Waals surface area (Å²) >= 11 is 0. The van der Waals surface area contributed by atoms with E-state index >= 15 is 0 Å². The Kier molecular flexibility index (Phi) is 8.32. The molecule has 6 nitrogen and oxygen atoms in total. The molecule has 204 valence electrons. The van der Waals surface area contributed by atoms with E-state index < -0.39 is 0 Å². The zero-order valence-corrected chi connectivity index (χ0v) is 23.5. The molecular weight excluding hydrogens is 486 g/mol. The third-order valence-electron chi connectivity index (χ3n) is 8.24. The molecule has 3 aromatic carbocycles. The molecule has 0 saturated carbocycles. The monoisotopic (exact) mass is 525 g/mol. The highest BCUT2D eigenvalue weighted by Gasteiger charge is 2.36. The maximum atomic E-state index is 13.8. The van der Waals surface area contributed by atoms with Gasteiger partial charge in [-0.2, -0.15) is 5.10 Å². The van der Waals surface area contributed by atoms with Crippen LogP contribution in [0.15, 0.2) is 71.8 Å². The second kappa shape index (κ2) is 12.0. The third-order valence-corrected chi connectivity index (χ3v) is 8.24. The van der Waals surface area contributed by atoms with Gasteiger partial charge in [0.05, 0.1) is 32.5 Å². The third kappa shape index (κ3) is 6.17. The number of rotatable bonds is 8. The van der Waals surface area contributed by atoms with Crippen molar-refractivity contribution in [3.63, 3.8) is 0 Å². The lowest BCUT2D eigenvalue weighted by Crippen LogP contribution is -2.42. The Hall–Kier alpha value is -3.64. The normalized spacial score (nSPS) is 18.2. The Morgan fingerprint density at radius 2 is 1.69 bits per heavy atom. The summed E-state index contributed by atoms with van der Waals surface area (Å²) < 4.78 is 11.1. The molecule has 3 aromatic rings. The number of carbonyl (C=O) groups is 1. The van der Waals surface area contributed by atoms with Crippen molar-refractivity contribution >= 4 is 11.6 Å². The van der Waals surface area contributed by atoms with Crippen LogP contribution < -0.4 is 9.47 Å². The van der Waals surface area contributed by atoms with Gasteiger partial charge in [0, 0.05) is 18.1 Å². The number of nitrogens with zero attached hydrogens (tertiary/aromatic N) is 3. The second-order valence-electron chi connectivity index (χ2n) is 10.8. The van der Waals surface area contributed by atoms with Gasteiger partial charge in [0.1, 0.15) is 11.5 Å². The summed E-state index contributed by atoms with van der Waals surface area (Å²) in [5.41, 5.74) is 6.79. The molecule has 5 rings (SSSR count). The SMILES string of the molecule is COc1ccc(C2CC(c3ccc(C)c(C)c3)=NN2C(=O)CN2CCC(Cc3ccccc3)CC2)c(OC)c1. The number of amides is 1. The molecule has 1 atom stereocenters. The second-order valence-corrected chi connectivity index (χ2v) is 10.8. The van der Waals surface area contributed by atoms with Crippen LogP contribution in [0.3, 0.4) is 0 Å². The number of benzene rings is 3. The van der Waals surface area contributed by atoms with Crippen LogP contribution in [0.4, 0.5) is 0 Å². The van der Waals surface area contributed by atoms with E-state index in [9.17, 15) is 4.79 Å². The minimum absolute atomic E-state index is 0.0261. The van der Waals surface area contributed by atoms with Crippen LogP contribution in [-0.4, -0.2) is 55.4 Å². The number of ether oxygens (including phenoxy) is 2. The van der Waals surface area contributed by atoms with E-state index in [0.717, 1.165) is 54.9 Å². The number of hydrogen-bond acceptors (Lipinski definition) is 5. The molecule has 0 radical (unpaired) electrons. The van der Waals surface area contributed by atoms with Crippen molar-refractivity contribution in [3.05, 3.63) is 94.5 Å². The molecule has 39 heavy (non-hydrogen) atoms. The van der Waals surface area contributed by atoms with E-state index in [1.807, 2.05) is 18.2 Å². The number of likely N-dealkylation sites (tertiary alicyclic amines) is 1. The van der Waals surface area contributed by atoms with Crippen LogP contribution in [0.25, 0.3) is 0 Å². The van der Waals surface area contributed by atoms with Gasteiger partial charge in [-0.15, -0.1) is 0 Å². The van der Waals surface area contributed by atoms with Crippen LogP contribution >= 0.6 is 0 Å². The fourth-order valence-corrected chi connectivity index (χ4v) is 5.73. The van der Waals surface area contributed by atoms with Crippen molar-refractivity contribution in [2.24, 2.45) is 11.0 Å². The quantitative estimate of drug-likeness (QED) is 0.365. The first-order valence-electron chi connectivity index (χ1n) is 13.9. The molecule has 0 spiro atoms. The Labute approximate surface area is 232 Å². The Morgan fingerprint density at radius 1 is 0.923 bits per heavy atom. The number of carbonyl (C=O) groups excluding carboxylic acids is 1. The van der Waals surface area contributed by atoms with Crippen LogP contribution in [0.5, 0.6) is 11.5 Å². The smallest absolute Gasteiger partial charge is 0.257 e. The summed E-state index contributed by atoms with van der Waals surface area (Å²) in [6.45, 7) is 6.46. The maximum absolute atomic E-state index is 13.8. The van der Waals surface area contributed by atoms with Crippen LogP contribution in [0, 0.1) is 19.8 Å². The maximum Gasteiger partial charge on any atom is 0.257 e. The molecule has 1 fully saturated rings. The lowest BCUT2D eigenvalue weighted by molar-refractivity contribution is -0.134. The van der Waals surface area contributed by atoms with Crippen LogP contribution in [-0.2, 0) is 11.2 Å². The average molecular weight is 526 g/mol. The lowest BCUT2D eigenvalue weighted by Gasteiger charge is -2.33. The largest absolute Gasteiger partial charge is 0.497 e. The van der Waals surface area contributed by atoms with E-state index in [0.29, 0.717) is 24.6 Å². The van der Waals surface area contributed by atoms with Crippen LogP contribution in [0.2, 0.25) is 0 Å². The minimum Gasteiger partial charge on any atom is -0.497 e. The number of aryl methyl sites for hydroxylation is 2. The van der Waals surface area contributed by atoms with E-state index in [1.54, 1.807) is 19.2 Å². The highest BCUT2D eigenvalue weighted by molar-refractivity contribution is 6.03. The molecule has 2 aliphatic heterocycles. The summed E-state index contributed by atoms with van der Waals surface area (Å²) in [5, 5.41) is 6.63. The van der Waals surface area contributed by atoms with Gasteiger partial charge in [0.25, 0.3) is 5.91 Å². The number of piperidine rings is 1. The van der Waals surface area contributed by atoms with E-state index in [1.165, 1.54) is 16.7 Å². The van der Waals surface area contributed by atoms with Crippen molar-refractivity contribution in [3.8, 4) is 11.5 Å². The standard InChI is InChI=1S/C33H39N3O3/c1-23-10-11-27(18-24(23)2)30-21-31(29-13-12-28(38-3)20-32(29)39-4)36(34-30)33(37)22-35-16-14-26(15-17-35)19-25-8-6-5-7-9-25/h5-13,18,20,26,31H,14-17,19,21-22H2,1-4H3. The Morgan fingerprint density at radius 3 is 2.38 bits per heavy atom. The highest BCUT2D eigenvalue weighted by atomic mass is 16.5. The topological polar surface area (TPSA) is 54.4 Å². The minimum atomic E-state index is -0.231. The van der Waals surface area contributed by atoms with Gasteiger partial charge in [-0.3, -0.25) is 9.69 Å². The lowest BCUT2D eigenvalue weighted by atomic mass is 9.90. The summed E-state index contributed by atoms with van der Waals surface area (Å²) in [6, 6.07) is 22.7. The van der Waals surface area contributed by atoms with Crippen molar-refractivity contribution in [1.82, 2.24) is 9.91 Å². The average Bonchev–Trinajstić information content (AvgIpc) is 3.41. The predicted octanol–water partition coefficient (Wildman–Crippen LogP) is 5.95. The zero-order valence-electron chi connectivity index (χ0n) is 23.5. The summed E-state index contributed by atoms with van der Waals surface area (Å²) in [5.74, 6) is 2.12. The van der Waals surface area contributed by atoms with E-state index in [-0.39, 0.29) is 11.9 Å². The van der Waals surface area contributed by atoms with Crippen LogP contribution in [0.1, 0.15) is 53.1 Å². The molecular formula is C33H39N3O3. The Balaban J connectivity index is 1.33. The summed E-state index contributed by atoms with van der Waals surface area (Å²) in [4.78, 5) is 16.1. The molecule has 6 heteroatoms. The first kappa shape index (κ1) is 26.9. The fourth-order valence-electron chi connectivity index (χ4n) is 5.73. The summed E-state index contributed by atoms with van der Waals surface area (Å²) in [6.07, 6.45) is 3.96. The molecule has 2 heterocycles. The van der Waals surface area contributed by atoms with Crippen molar-refractivity contribution in [1.29, 1.82) is 0 Å². The van der Waals surface area contributed by atoms with Crippen molar-refractivity contribution in [2.75, 3.05) is 33.9 Å². The predicted molar refractivity (Wildman–Crippen MR) is 156 cm³/mol. The molecule has 0 aliphatic carbocycles. The molecule has 2 aliphatic rings. The fraction of sp³-hybridized carbons (Fsp3) is 0.394. The van der Waals surface area contributed by atoms with Gasteiger partial charge in [-0.1, -0.05) is 42.5 Å².